The third-order valence-corrected chi connectivity index (χ3v) is 4.80. The van der Waals surface area contributed by atoms with Crippen molar-refractivity contribution in [3.63, 3.8) is 0 Å². The van der Waals surface area contributed by atoms with Crippen LogP contribution in [0, 0.1) is 17.8 Å². The number of hydrogen-bond acceptors (Lipinski definition) is 3. The highest BCUT2D eigenvalue weighted by atomic mass is 19.4. The van der Waals surface area contributed by atoms with Crippen LogP contribution >= 0.6 is 0 Å². The van der Waals surface area contributed by atoms with Crippen LogP contribution < -0.4 is 0 Å². The van der Waals surface area contributed by atoms with E-state index in [9.17, 15) is 31.9 Å². The molecule has 2 fully saturated rings. The molecule has 0 spiro atoms. The summed E-state index contributed by atoms with van der Waals surface area (Å²) in [6.07, 6.45) is -5.73. The first kappa shape index (κ1) is 17.2. The number of esters is 1. The minimum absolute atomic E-state index is 0.0743. The van der Waals surface area contributed by atoms with Gasteiger partial charge >= 0.3 is 12.1 Å². The summed E-state index contributed by atoms with van der Waals surface area (Å²) in [6.45, 7) is 4.47. The molecule has 126 valence electrons. The number of aliphatic hydroxyl groups is 1. The second-order valence-electron chi connectivity index (χ2n) is 6.05. The number of carbonyl (C=O) groups excluding carboxylic acids is 1. The highest BCUT2D eigenvalue weighted by molar-refractivity contribution is 5.86. The second kappa shape index (κ2) is 5.18. The molecule has 0 radical (unpaired) electrons. The molecule has 0 aromatic carbocycles. The van der Waals surface area contributed by atoms with Gasteiger partial charge in [0.15, 0.2) is 0 Å². The van der Waals surface area contributed by atoms with Crippen molar-refractivity contribution in [3.8, 4) is 0 Å². The number of rotatable bonds is 4. The van der Waals surface area contributed by atoms with Crippen molar-refractivity contribution in [2.75, 3.05) is 6.61 Å². The molecule has 4 unspecified atom stereocenters. The van der Waals surface area contributed by atoms with Crippen molar-refractivity contribution in [2.45, 2.75) is 43.9 Å². The van der Waals surface area contributed by atoms with Gasteiger partial charge in [-0.15, -0.1) is 0 Å². The van der Waals surface area contributed by atoms with E-state index >= 15 is 0 Å². The summed E-state index contributed by atoms with van der Waals surface area (Å²) >= 11 is 0. The van der Waals surface area contributed by atoms with E-state index in [0.29, 0.717) is 0 Å². The smallest absolute Gasteiger partial charge is 0.423 e. The van der Waals surface area contributed by atoms with E-state index in [0.717, 1.165) is 0 Å². The molecule has 2 rings (SSSR count). The first-order valence-corrected chi connectivity index (χ1v) is 6.94. The predicted molar refractivity (Wildman–Crippen MR) is 66.0 cm³/mol. The normalized spacial score (nSPS) is 36.4. The van der Waals surface area contributed by atoms with Crippen molar-refractivity contribution in [3.05, 3.63) is 12.2 Å². The van der Waals surface area contributed by atoms with Gasteiger partial charge in [0.05, 0.1) is 6.61 Å². The number of carbonyl (C=O) groups is 1. The molecule has 0 heterocycles. The maximum atomic E-state index is 14.1. The molecule has 0 saturated heterocycles. The van der Waals surface area contributed by atoms with Crippen LogP contribution in [-0.4, -0.2) is 35.4 Å². The summed E-state index contributed by atoms with van der Waals surface area (Å²) in [5.41, 5.74) is -3.88. The summed E-state index contributed by atoms with van der Waals surface area (Å²) in [7, 11) is 0. The lowest BCUT2D eigenvalue weighted by Crippen LogP contribution is -2.62. The lowest BCUT2D eigenvalue weighted by atomic mass is 9.80. The zero-order chi connectivity index (χ0) is 16.9. The molecular weight excluding hydrogens is 311 g/mol. The number of ether oxygens (including phenoxy) is 1. The van der Waals surface area contributed by atoms with E-state index in [4.69, 9.17) is 4.74 Å². The van der Waals surface area contributed by atoms with Gasteiger partial charge in [0.1, 0.15) is 0 Å². The number of fused-ring (bicyclic) bond motifs is 2. The van der Waals surface area contributed by atoms with E-state index < -0.39 is 41.4 Å². The Kier molecular flexibility index (Phi) is 4.04. The molecule has 2 bridgehead atoms. The van der Waals surface area contributed by atoms with Crippen LogP contribution in [0.5, 0.6) is 0 Å². The van der Waals surface area contributed by atoms with Gasteiger partial charge in [-0.1, -0.05) is 6.58 Å². The zero-order valence-corrected chi connectivity index (χ0v) is 11.9. The van der Waals surface area contributed by atoms with Crippen LogP contribution in [-0.2, 0) is 9.53 Å². The Hall–Kier alpha value is -1.18. The van der Waals surface area contributed by atoms with Gasteiger partial charge in [-0.2, -0.15) is 13.2 Å². The highest BCUT2D eigenvalue weighted by Gasteiger charge is 2.82. The topological polar surface area (TPSA) is 46.5 Å². The molecule has 0 aromatic heterocycles. The molecule has 0 amide bonds. The van der Waals surface area contributed by atoms with E-state index in [-0.39, 0.29) is 31.4 Å². The monoisotopic (exact) mass is 328 g/mol. The van der Waals surface area contributed by atoms with Crippen LogP contribution in [0.3, 0.4) is 0 Å². The minimum Gasteiger partial charge on any atom is -0.462 e. The Morgan fingerprint density at radius 2 is 1.86 bits per heavy atom. The lowest BCUT2D eigenvalue weighted by Gasteiger charge is -2.40. The Bertz CT molecular complexity index is 487. The third kappa shape index (κ3) is 2.23. The van der Waals surface area contributed by atoms with Gasteiger partial charge in [0.25, 0.3) is 5.92 Å². The predicted octanol–water partition coefficient (Wildman–Crippen LogP) is 3.08. The molecule has 2 aliphatic carbocycles. The van der Waals surface area contributed by atoms with Crippen molar-refractivity contribution in [1.29, 1.82) is 0 Å². The molecule has 1 N–H and O–H groups in total. The van der Waals surface area contributed by atoms with Gasteiger partial charge in [0, 0.05) is 17.4 Å². The Labute approximate surface area is 124 Å². The fourth-order valence-corrected chi connectivity index (χ4v) is 3.78. The van der Waals surface area contributed by atoms with Gasteiger partial charge in [-0.3, -0.25) is 0 Å². The summed E-state index contributed by atoms with van der Waals surface area (Å²) < 4.78 is 71.9. The summed E-state index contributed by atoms with van der Waals surface area (Å²) in [5, 5.41) is 9.72. The quantitative estimate of drug-likeness (QED) is 0.490. The summed E-state index contributed by atoms with van der Waals surface area (Å²) in [5.74, 6) is -9.09. The Morgan fingerprint density at radius 3 is 2.32 bits per heavy atom. The van der Waals surface area contributed by atoms with Crippen LogP contribution in [0.15, 0.2) is 12.2 Å². The van der Waals surface area contributed by atoms with Crippen LogP contribution in [0.1, 0.15) is 26.2 Å². The molecule has 2 saturated carbocycles. The van der Waals surface area contributed by atoms with E-state index in [1.54, 1.807) is 0 Å². The summed E-state index contributed by atoms with van der Waals surface area (Å²) in [6, 6.07) is 0. The molecule has 2 aliphatic rings. The standard InChI is InChI=1S/C14H17F5O3/c1-7(2)11(20)22-6-5-8-9-3-4-10(8)13(15,16)12(9,21)14(17,18)19/h8-10,21H,1,3-6H2,2H3. The average Bonchev–Trinajstić information content (AvgIpc) is 2.85. The number of alkyl halides is 5. The fourth-order valence-electron chi connectivity index (χ4n) is 3.78. The molecule has 4 atom stereocenters. The highest BCUT2D eigenvalue weighted by Crippen LogP contribution is 2.67. The molecule has 0 aliphatic heterocycles. The fraction of sp³-hybridized carbons (Fsp3) is 0.786. The first-order valence-electron chi connectivity index (χ1n) is 6.94. The van der Waals surface area contributed by atoms with Gasteiger partial charge in [0.2, 0.25) is 5.60 Å². The maximum Gasteiger partial charge on any atom is 0.423 e. The average molecular weight is 328 g/mol. The van der Waals surface area contributed by atoms with Gasteiger partial charge in [-0.05, 0) is 32.1 Å². The minimum atomic E-state index is -5.40. The maximum absolute atomic E-state index is 14.1. The van der Waals surface area contributed by atoms with E-state index in [1.807, 2.05) is 0 Å². The SMILES string of the molecule is C=C(C)C(=O)OCCC1C2CCC1C(O)(C(F)(F)F)C2(F)F. The van der Waals surface area contributed by atoms with Gasteiger partial charge < -0.3 is 9.84 Å². The Morgan fingerprint density at radius 1 is 1.32 bits per heavy atom. The summed E-state index contributed by atoms with van der Waals surface area (Å²) in [4.78, 5) is 11.2. The van der Waals surface area contributed by atoms with Crippen LogP contribution in [0.4, 0.5) is 22.0 Å². The number of halogens is 5. The largest absolute Gasteiger partial charge is 0.462 e. The third-order valence-electron chi connectivity index (χ3n) is 4.80. The van der Waals surface area contributed by atoms with Crippen molar-refractivity contribution >= 4 is 5.97 Å². The van der Waals surface area contributed by atoms with Gasteiger partial charge in [-0.25, -0.2) is 13.6 Å². The van der Waals surface area contributed by atoms with Crippen molar-refractivity contribution < 1.29 is 36.6 Å². The Balaban J connectivity index is 2.13. The molecule has 8 heteroatoms. The molecule has 3 nitrogen and oxygen atoms in total. The first-order chi connectivity index (χ1) is 9.94. The van der Waals surface area contributed by atoms with Crippen molar-refractivity contribution in [2.24, 2.45) is 17.8 Å². The lowest BCUT2D eigenvalue weighted by molar-refractivity contribution is -0.346. The van der Waals surface area contributed by atoms with E-state index in [1.165, 1.54) is 6.92 Å². The molecular formula is C14H17F5O3. The molecule has 0 aromatic rings. The van der Waals surface area contributed by atoms with Crippen LogP contribution in [0.25, 0.3) is 0 Å². The molecule has 22 heavy (non-hydrogen) atoms. The number of hydrogen-bond donors (Lipinski definition) is 1. The zero-order valence-electron chi connectivity index (χ0n) is 11.9. The van der Waals surface area contributed by atoms with Crippen LogP contribution in [0.2, 0.25) is 0 Å². The van der Waals surface area contributed by atoms with Crippen molar-refractivity contribution in [1.82, 2.24) is 0 Å². The second-order valence-corrected chi connectivity index (χ2v) is 6.05. The van der Waals surface area contributed by atoms with E-state index in [2.05, 4.69) is 6.58 Å².